The number of carboxylic acids is 1. The summed E-state index contributed by atoms with van der Waals surface area (Å²) < 4.78 is 0. The number of thiazole rings is 1. The fourth-order valence-electron chi connectivity index (χ4n) is 1.42. The molecule has 0 aromatic carbocycles. The van der Waals surface area contributed by atoms with Crippen LogP contribution in [-0.4, -0.2) is 26.3 Å². The van der Waals surface area contributed by atoms with E-state index in [2.05, 4.69) is 20.5 Å². The van der Waals surface area contributed by atoms with E-state index in [0.29, 0.717) is 10.8 Å². The van der Waals surface area contributed by atoms with Crippen LogP contribution in [0, 0.1) is 6.92 Å². The number of aromatic nitrogens is 3. The van der Waals surface area contributed by atoms with Gasteiger partial charge in [-0.3, -0.25) is 5.10 Å². The molecule has 1 unspecified atom stereocenters. The molecule has 1 atom stereocenters. The summed E-state index contributed by atoms with van der Waals surface area (Å²) in [6, 6.07) is 0.0287. The minimum atomic E-state index is -0.941. The van der Waals surface area contributed by atoms with Gasteiger partial charge in [0, 0.05) is 11.8 Å². The Morgan fingerprint density at radius 2 is 2.41 bits per heavy atom. The fourth-order valence-corrected chi connectivity index (χ4v) is 2.32. The van der Waals surface area contributed by atoms with Gasteiger partial charge >= 0.3 is 5.97 Å². The zero-order valence-electron chi connectivity index (χ0n) is 9.39. The van der Waals surface area contributed by atoms with Gasteiger partial charge in [-0.05, 0) is 13.8 Å². The molecule has 2 aromatic heterocycles. The molecule has 0 saturated heterocycles. The van der Waals surface area contributed by atoms with Gasteiger partial charge in [-0.1, -0.05) is 11.3 Å². The normalized spacial score (nSPS) is 12.4. The molecule has 3 N–H and O–H groups in total. The summed E-state index contributed by atoms with van der Waals surface area (Å²) in [4.78, 5) is 15.3. The Morgan fingerprint density at radius 3 is 2.94 bits per heavy atom. The van der Waals surface area contributed by atoms with Gasteiger partial charge in [0.1, 0.15) is 4.88 Å². The molecule has 2 rings (SSSR count). The van der Waals surface area contributed by atoms with Crippen molar-refractivity contribution < 1.29 is 9.90 Å². The van der Waals surface area contributed by atoms with Gasteiger partial charge in [0.2, 0.25) is 0 Å². The van der Waals surface area contributed by atoms with E-state index in [-0.39, 0.29) is 10.9 Å². The number of aromatic carboxylic acids is 1. The van der Waals surface area contributed by atoms with Crippen molar-refractivity contribution in [2.24, 2.45) is 0 Å². The van der Waals surface area contributed by atoms with Crippen LogP contribution in [0.15, 0.2) is 12.4 Å². The smallest absolute Gasteiger partial charge is 0.347 e. The first-order valence-electron chi connectivity index (χ1n) is 5.04. The first-order chi connectivity index (χ1) is 8.08. The van der Waals surface area contributed by atoms with Crippen LogP contribution >= 0.6 is 11.3 Å². The molecule has 0 radical (unpaired) electrons. The Labute approximate surface area is 102 Å². The summed E-state index contributed by atoms with van der Waals surface area (Å²) in [7, 11) is 0. The van der Waals surface area contributed by atoms with Crippen molar-refractivity contribution in [3.63, 3.8) is 0 Å². The zero-order valence-corrected chi connectivity index (χ0v) is 10.2. The summed E-state index contributed by atoms with van der Waals surface area (Å²) >= 11 is 1.14. The molecule has 0 amide bonds. The Balaban J connectivity index is 2.14. The third-order valence-electron chi connectivity index (χ3n) is 2.35. The summed E-state index contributed by atoms with van der Waals surface area (Å²) in [5.41, 5.74) is 1.53. The second kappa shape index (κ2) is 4.54. The van der Waals surface area contributed by atoms with Crippen molar-refractivity contribution in [2.45, 2.75) is 19.9 Å². The number of carboxylic acid groups (broad SMARTS) is 1. The standard InChI is InChI=1S/C10H12N4O2S/c1-5(7-3-11-12-4-7)13-10-14-6(2)8(17-10)9(15)16/h3-5H,1-2H3,(H,11,12)(H,13,14)(H,15,16). The molecule has 0 saturated carbocycles. The molecule has 0 fully saturated rings. The van der Waals surface area contributed by atoms with E-state index < -0.39 is 5.97 Å². The third kappa shape index (κ3) is 2.44. The molecule has 0 aliphatic heterocycles. The Morgan fingerprint density at radius 1 is 1.65 bits per heavy atom. The number of aromatic amines is 1. The number of aryl methyl sites for hydroxylation is 1. The summed E-state index contributed by atoms with van der Waals surface area (Å²) in [6.07, 6.45) is 3.51. The first-order valence-corrected chi connectivity index (χ1v) is 5.85. The third-order valence-corrected chi connectivity index (χ3v) is 3.43. The monoisotopic (exact) mass is 252 g/mol. The van der Waals surface area contributed by atoms with Gasteiger partial charge < -0.3 is 10.4 Å². The van der Waals surface area contributed by atoms with E-state index in [4.69, 9.17) is 5.11 Å². The number of hydrogen-bond donors (Lipinski definition) is 3. The first kappa shape index (κ1) is 11.6. The fraction of sp³-hybridized carbons (Fsp3) is 0.300. The Kier molecular flexibility index (Phi) is 3.10. The summed E-state index contributed by atoms with van der Waals surface area (Å²) in [5.74, 6) is -0.941. The largest absolute Gasteiger partial charge is 0.477 e. The van der Waals surface area contributed by atoms with E-state index in [1.54, 1.807) is 19.3 Å². The number of H-pyrrole nitrogens is 1. The second-order valence-electron chi connectivity index (χ2n) is 3.64. The van der Waals surface area contributed by atoms with Crippen molar-refractivity contribution in [1.82, 2.24) is 15.2 Å². The predicted octanol–water partition coefficient (Wildman–Crippen LogP) is 2.05. The van der Waals surface area contributed by atoms with Gasteiger partial charge in [0.05, 0.1) is 17.9 Å². The highest BCUT2D eigenvalue weighted by atomic mass is 32.1. The van der Waals surface area contributed by atoms with Crippen LogP contribution in [0.5, 0.6) is 0 Å². The van der Waals surface area contributed by atoms with Crippen molar-refractivity contribution in [2.75, 3.05) is 5.32 Å². The number of anilines is 1. The lowest BCUT2D eigenvalue weighted by Gasteiger charge is -2.09. The highest BCUT2D eigenvalue weighted by Gasteiger charge is 2.15. The molecule has 0 aliphatic carbocycles. The van der Waals surface area contributed by atoms with Crippen LogP contribution in [0.25, 0.3) is 0 Å². The molecule has 0 spiro atoms. The van der Waals surface area contributed by atoms with Gasteiger partial charge in [-0.15, -0.1) is 0 Å². The topological polar surface area (TPSA) is 90.9 Å². The number of carbonyl (C=O) groups is 1. The van der Waals surface area contributed by atoms with Gasteiger partial charge in [0.15, 0.2) is 5.13 Å². The molecular formula is C10H12N4O2S. The van der Waals surface area contributed by atoms with Crippen LogP contribution in [0.3, 0.4) is 0 Å². The molecule has 17 heavy (non-hydrogen) atoms. The van der Waals surface area contributed by atoms with Gasteiger partial charge in [-0.2, -0.15) is 5.10 Å². The van der Waals surface area contributed by atoms with Crippen LogP contribution < -0.4 is 5.32 Å². The van der Waals surface area contributed by atoms with Gasteiger partial charge in [-0.25, -0.2) is 9.78 Å². The number of rotatable bonds is 4. The summed E-state index contributed by atoms with van der Waals surface area (Å²) in [6.45, 7) is 3.65. The minimum absolute atomic E-state index is 0.0287. The molecule has 0 aliphatic rings. The van der Waals surface area contributed by atoms with E-state index in [1.807, 2.05) is 6.92 Å². The predicted molar refractivity (Wildman–Crippen MR) is 64.4 cm³/mol. The van der Waals surface area contributed by atoms with Crippen molar-refractivity contribution >= 4 is 22.4 Å². The average molecular weight is 252 g/mol. The molecule has 0 bridgehead atoms. The lowest BCUT2D eigenvalue weighted by Crippen LogP contribution is -2.05. The van der Waals surface area contributed by atoms with Crippen molar-refractivity contribution in [3.8, 4) is 0 Å². The molecule has 2 aromatic rings. The van der Waals surface area contributed by atoms with E-state index in [0.717, 1.165) is 16.9 Å². The molecule has 6 nitrogen and oxygen atoms in total. The minimum Gasteiger partial charge on any atom is -0.477 e. The number of hydrogen-bond acceptors (Lipinski definition) is 5. The van der Waals surface area contributed by atoms with E-state index >= 15 is 0 Å². The average Bonchev–Trinajstić information content (AvgIpc) is 2.86. The summed E-state index contributed by atoms with van der Waals surface area (Å²) in [5, 5.41) is 19.3. The molecule has 90 valence electrons. The lowest BCUT2D eigenvalue weighted by atomic mass is 10.2. The van der Waals surface area contributed by atoms with E-state index in [9.17, 15) is 4.79 Å². The molecule has 7 heteroatoms. The Bertz CT molecular complexity index is 520. The van der Waals surface area contributed by atoms with Crippen molar-refractivity contribution in [1.29, 1.82) is 0 Å². The maximum absolute atomic E-state index is 10.9. The second-order valence-corrected chi connectivity index (χ2v) is 4.64. The maximum Gasteiger partial charge on any atom is 0.347 e. The van der Waals surface area contributed by atoms with Crippen LogP contribution in [0.1, 0.15) is 33.9 Å². The van der Waals surface area contributed by atoms with Gasteiger partial charge in [0.25, 0.3) is 0 Å². The van der Waals surface area contributed by atoms with Crippen LogP contribution in [-0.2, 0) is 0 Å². The van der Waals surface area contributed by atoms with E-state index in [1.165, 1.54) is 0 Å². The molecule has 2 heterocycles. The lowest BCUT2D eigenvalue weighted by molar-refractivity contribution is 0.0701. The maximum atomic E-state index is 10.9. The zero-order chi connectivity index (χ0) is 12.4. The SMILES string of the molecule is Cc1nc(NC(C)c2cn[nH]c2)sc1C(=O)O. The van der Waals surface area contributed by atoms with Crippen LogP contribution in [0.4, 0.5) is 5.13 Å². The highest BCUT2D eigenvalue weighted by molar-refractivity contribution is 7.17. The van der Waals surface area contributed by atoms with Crippen molar-refractivity contribution in [3.05, 3.63) is 28.5 Å². The molecular weight excluding hydrogens is 240 g/mol. The Hall–Kier alpha value is -1.89. The van der Waals surface area contributed by atoms with Crippen LogP contribution in [0.2, 0.25) is 0 Å². The number of nitrogens with zero attached hydrogens (tertiary/aromatic N) is 2. The highest BCUT2D eigenvalue weighted by Crippen LogP contribution is 2.26. The quantitative estimate of drug-likeness (QED) is 0.774. The number of nitrogens with one attached hydrogen (secondary N) is 2.